The molecule has 8 nitrogen and oxygen atoms in total. The van der Waals surface area contributed by atoms with Gasteiger partial charge >= 0.3 is 0 Å². The molecule has 0 aliphatic carbocycles. The average molecular weight is 422 g/mol. The Balaban J connectivity index is 0.00000240. The zero-order chi connectivity index (χ0) is 19.2. The summed E-state index contributed by atoms with van der Waals surface area (Å²) >= 11 is 0. The first kappa shape index (κ1) is 21.5. The van der Waals surface area contributed by atoms with Crippen molar-refractivity contribution in [3.8, 4) is 5.75 Å². The second-order valence-electron chi connectivity index (χ2n) is 7.17. The summed E-state index contributed by atoms with van der Waals surface area (Å²) in [7, 11) is 0. The third-order valence-corrected chi connectivity index (χ3v) is 5.33. The standard InChI is InChI=1S/C20H27N5O3.ClH/c26-19(15-27-12-13-28-17-4-2-1-3-5-17)24-9-6-16(7-10-24)20-23-22-18-14-21-8-11-25(18)20;/h1-5,16,21H,6-15H2;1H. The van der Waals surface area contributed by atoms with E-state index in [1.165, 1.54) is 0 Å². The van der Waals surface area contributed by atoms with Crippen molar-refractivity contribution < 1.29 is 14.3 Å². The predicted molar refractivity (Wildman–Crippen MR) is 110 cm³/mol. The number of aromatic nitrogens is 3. The Bertz CT molecular complexity index is 778. The second-order valence-corrected chi connectivity index (χ2v) is 7.17. The molecule has 1 aromatic carbocycles. The lowest BCUT2D eigenvalue weighted by Gasteiger charge is -2.32. The lowest BCUT2D eigenvalue weighted by atomic mass is 9.95. The maximum absolute atomic E-state index is 12.4. The first-order valence-electron chi connectivity index (χ1n) is 9.97. The van der Waals surface area contributed by atoms with Gasteiger partial charge in [-0.3, -0.25) is 4.79 Å². The minimum absolute atomic E-state index is 0. The van der Waals surface area contributed by atoms with E-state index in [9.17, 15) is 4.79 Å². The zero-order valence-corrected chi connectivity index (χ0v) is 17.3. The van der Waals surface area contributed by atoms with E-state index in [1.54, 1.807) is 0 Å². The van der Waals surface area contributed by atoms with Gasteiger partial charge in [0.15, 0.2) is 0 Å². The fourth-order valence-electron chi connectivity index (χ4n) is 3.79. The Hall–Kier alpha value is -2.16. The number of nitrogens with one attached hydrogen (secondary N) is 1. The topological polar surface area (TPSA) is 81.5 Å². The number of amides is 1. The fourth-order valence-corrected chi connectivity index (χ4v) is 3.79. The molecule has 1 N–H and O–H groups in total. The maximum Gasteiger partial charge on any atom is 0.248 e. The van der Waals surface area contributed by atoms with Crippen molar-refractivity contribution in [2.24, 2.45) is 0 Å². The number of hydrogen-bond donors (Lipinski definition) is 1. The molecule has 0 unspecified atom stereocenters. The molecule has 2 aliphatic heterocycles. The number of nitrogens with zero attached hydrogens (tertiary/aromatic N) is 4. The molecule has 1 saturated heterocycles. The van der Waals surface area contributed by atoms with Gasteiger partial charge in [-0.25, -0.2) is 0 Å². The van der Waals surface area contributed by atoms with Gasteiger partial charge in [0.25, 0.3) is 0 Å². The van der Waals surface area contributed by atoms with Gasteiger partial charge in [0.05, 0.1) is 13.2 Å². The molecule has 3 heterocycles. The monoisotopic (exact) mass is 421 g/mol. The summed E-state index contributed by atoms with van der Waals surface area (Å²) in [6.45, 7) is 5.10. The van der Waals surface area contributed by atoms with Crippen LogP contribution in [0.15, 0.2) is 30.3 Å². The van der Waals surface area contributed by atoms with Crippen molar-refractivity contribution >= 4 is 18.3 Å². The summed E-state index contributed by atoms with van der Waals surface area (Å²) < 4.78 is 13.3. The van der Waals surface area contributed by atoms with Crippen molar-refractivity contribution in [1.29, 1.82) is 0 Å². The molecule has 4 rings (SSSR count). The molecular formula is C20H28ClN5O3. The van der Waals surface area contributed by atoms with E-state index in [0.717, 1.165) is 63.0 Å². The molecule has 1 fully saturated rings. The maximum atomic E-state index is 12.4. The Morgan fingerprint density at radius 2 is 1.90 bits per heavy atom. The fraction of sp³-hybridized carbons (Fsp3) is 0.550. The van der Waals surface area contributed by atoms with Gasteiger partial charge in [-0.2, -0.15) is 0 Å². The molecule has 1 aromatic heterocycles. The molecule has 0 saturated carbocycles. The van der Waals surface area contributed by atoms with Crippen LogP contribution < -0.4 is 10.1 Å². The minimum Gasteiger partial charge on any atom is -0.491 e. The molecule has 2 aliphatic rings. The highest BCUT2D eigenvalue weighted by molar-refractivity contribution is 5.85. The average Bonchev–Trinajstić information content (AvgIpc) is 3.18. The van der Waals surface area contributed by atoms with Crippen molar-refractivity contribution in [2.45, 2.75) is 31.8 Å². The summed E-state index contributed by atoms with van der Waals surface area (Å²) in [6, 6.07) is 9.60. The number of carbonyl (C=O) groups is 1. The van der Waals surface area contributed by atoms with Gasteiger partial charge in [0.2, 0.25) is 5.91 Å². The van der Waals surface area contributed by atoms with Gasteiger partial charge in [-0.05, 0) is 25.0 Å². The van der Waals surface area contributed by atoms with Crippen LogP contribution in [0, 0.1) is 0 Å². The van der Waals surface area contributed by atoms with Crippen LogP contribution in [0.2, 0.25) is 0 Å². The summed E-state index contributed by atoms with van der Waals surface area (Å²) in [6.07, 6.45) is 1.85. The van der Waals surface area contributed by atoms with Crippen LogP contribution >= 0.6 is 12.4 Å². The third kappa shape index (κ3) is 5.46. The molecule has 0 radical (unpaired) electrons. The molecule has 0 atom stereocenters. The van der Waals surface area contributed by atoms with Crippen LogP contribution in [0.4, 0.5) is 0 Å². The van der Waals surface area contributed by atoms with Crippen LogP contribution in [0.1, 0.15) is 30.4 Å². The van der Waals surface area contributed by atoms with Crippen molar-refractivity contribution in [3.63, 3.8) is 0 Å². The number of halogens is 1. The van der Waals surface area contributed by atoms with Crippen molar-refractivity contribution in [1.82, 2.24) is 25.0 Å². The Labute approximate surface area is 177 Å². The quantitative estimate of drug-likeness (QED) is 0.684. The summed E-state index contributed by atoms with van der Waals surface area (Å²) in [5.74, 6) is 3.34. The number of benzene rings is 1. The summed E-state index contributed by atoms with van der Waals surface area (Å²) in [5, 5.41) is 12.0. The van der Waals surface area contributed by atoms with Crippen molar-refractivity contribution in [3.05, 3.63) is 42.0 Å². The first-order chi connectivity index (χ1) is 13.8. The Morgan fingerprint density at radius 3 is 2.69 bits per heavy atom. The van der Waals surface area contributed by atoms with Crippen LogP contribution in [-0.4, -0.2) is 65.0 Å². The molecule has 29 heavy (non-hydrogen) atoms. The number of ether oxygens (including phenoxy) is 2. The van der Waals surface area contributed by atoms with E-state index in [2.05, 4.69) is 20.1 Å². The van der Waals surface area contributed by atoms with E-state index < -0.39 is 0 Å². The number of para-hydroxylation sites is 1. The van der Waals surface area contributed by atoms with Gasteiger partial charge in [-0.1, -0.05) is 18.2 Å². The van der Waals surface area contributed by atoms with Gasteiger partial charge < -0.3 is 24.3 Å². The number of rotatable bonds is 7. The first-order valence-corrected chi connectivity index (χ1v) is 9.97. The smallest absolute Gasteiger partial charge is 0.248 e. The summed E-state index contributed by atoms with van der Waals surface area (Å²) in [5.41, 5.74) is 0. The lowest BCUT2D eigenvalue weighted by molar-refractivity contribution is -0.137. The molecule has 2 aromatic rings. The highest BCUT2D eigenvalue weighted by Crippen LogP contribution is 2.27. The van der Waals surface area contributed by atoms with Crippen LogP contribution in [0.5, 0.6) is 5.75 Å². The SMILES string of the molecule is Cl.O=C(COCCOc1ccccc1)N1CCC(c2nnc3n2CCNC3)CC1. The molecule has 158 valence electrons. The minimum atomic E-state index is 0. The molecule has 0 spiro atoms. The van der Waals surface area contributed by atoms with E-state index >= 15 is 0 Å². The van der Waals surface area contributed by atoms with E-state index in [1.807, 2.05) is 35.2 Å². The summed E-state index contributed by atoms with van der Waals surface area (Å²) in [4.78, 5) is 14.3. The zero-order valence-electron chi connectivity index (χ0n) is 16.5. The number of piperidine rings is 1. The van der Waals surface area contributed by atoms with Crippen LogP contribution in [-0.2, 0) is 22.6 Å². The Morgan fingerprint density at radius 1 is 1.10 bits per heavy atom. The largest absolute Gasteiger partial charge is 0.491 e. The molecule has 9 heteroatoms. The number of hydrogen-bond acceptors (Lipinski definition) is 6. The van der Waals surface area contributed by atoms with Gasteiger partial charge in [0, 0.05) is 32.1 Å². The third-order valence-electron chi connectivity index (χ3n) is 5.33. The van der Waals surface area contributed by atoms with Crippen LogP contribution in [0.3, 0.4) is 0 Å². The van der Waals surface area contributed by atoms with Crippen molar-refractivity contribution in [2.75, 3.05) is 39.5 Å². The van der Waals surface area contributed by atoms with E-state index in [-0.39, 0.29) is 24.9 Å². The number of fused-ring (bicyclic) bond motifs is 1. The second kappa shape index (κ2) is 10.6. The normalized spacial score (nSPS) is 16.8. The molecule has 1 amide bonds. The van der Waals surface area contributed by atoms with Gasteiger partial charge in [0.1, 0.15) is 30.6 Å². The number of carbonyl (C=O) groups excluding carboxylic acids is 1. The van der Waals surface area contributed by atoms with Crippen LogP contribution in [0.25, 0.3) is 0 Å². The van der Waals surface area contributed by atoms with E-state index in [0.29, 0.717) is 19.1 Å². The predicted octanol–water partition coefficient (Wildman–Crippen LogP) is 1.60. The number of likely N-dealkylation sites (tertiary alicyclic amines) is 1. The Kier molecular flexibility index (Phi) is 7.85. The van der Waals surface area contributed by atoms with E-state index in [4.69, 9.17) is 9.47 Å². The molecule has 0 bridgehead atoms. The molecular weight excluding hydrogens is 394 g/mol. The highest BCUT2D eigenvalue weighted by Gasteiger charge is 2.28. The highest BCUT2D eigenvalue weighted by atomic mass is 35.5. The van der Waals surface area contributed by atoms with Gasteiger partial charge in [-0.15, -0.1) is 22.6 Å². The lowest BCUT2D eigenvalue weighted by Crippen LogP contribution is -2.40.